The van der Waals surface area contributed by atoms with Gasteiger partial charge >= 0.3 is 0 Å². The molecule has 1 aliphatic rings. The van der Waals surface area contributed by atoms with Crippen LogP contribution >= 0.6 is 11.6 Å². The van der Waals surface area contributed by atoms with Crippen LogP contribution in [0.4, 0.5) is 0 Å². The lowest BCUT2D eigenvalue weighted by molar-refractivity contribution is -0.124. The van der Waals surface area contributed by atoms with Gasteiger partial charge in [-0.25, -0.2) is 13.8 Å². The van der Waals surface area contributed by atoms with Crippen LogP contribution in [-0.4, -0.2) is 51.7 Å². The minimum atomic E-state index is -3.82. The highest BCUT2D eigenvalue weighted by atomic mass is 35.5. The van der Waals surface area contributed by atoms with Crippen molar-refractivity contribution in [2.75, 3.05) is 20.8 Å². The molecule has 1 saturated heterocycles. The number of carbonyl (C=O) groups excluding carboxylic acids is 1. The number of sulfonamides is 1. The first-order valence-electron chi connectivity index (χ1n) is 9.20. The number of halogens is 1. The fraction of sp³-hybridized carbons (Fsp3) is 0.300. The molecule has 8 nitrogen and oxygen atoms in total. The van der Waals surface area contributed by atoms with Crippen molar-refractivity contribution in [2.45, 2.75) is 23.8 Å². The average molecular weight is 452 g/mol. The summed E-state index contributed by atoms with van der Waals surface area (Å²) in [6, 6.07) is 10.3. The van der Waals surface area contributed by atoms with E-state index in [1.54, 1.807) is 18.2 Å². The largest absolute Gasteiger partial charge is 0.493 e. The third-order valence-corrected chi connectivity index (χ3v) is 6.91. The second kappa shape index (κ2) is 9.46. The van der Waals surface area contributed by atoms with E-state index < -0.39 is 22.0 Å². The lowest BCUT2D eigenvalue weighted by Gasteiger charge is -2.22. The lowest BCUT2D eigenvalue weighted by Crippen LogP contribution is -2.44. The SMILES string of the molecule is COc1cccc(/C=N/NC(=O)C2CCCN2S(=O)(=O)c2ccc(Cl)cc2)c1OC. The quantitative estimate of drug-likeness (QED) is 0.515. The predicted molar refractivity (Wildman–Crippen MR) is 114 cm³/mol. The molecule has 1 aliphatic heterocycles. The fourth-order valence-electron chi connectivity index (χ4n) is 3.29. The van der Waals surface area contributed by atoms with Gasteiger partial charge in [0.15, 0.2) is 11.5 Å². The van der Waals surface area contributed by atoms with Gasteiger partial charge in [0.25, 0.3) is 5.91 Å². The van der Waals surface area contributed by atoms with Crippen LogP contribution in [0.5, 0.6) is 11.5 Å². The number of hydrogen-bond donors (Lipinski definition) is 1. The number of nitrogens with one attached hydrogen (secondary N) is 1. The minimum absolute atomic E-state index is 0.0937. The van der Waals surface area contributed by atoms with Gasteiger partial charge in [-0.1, -0.05) is 17.7 Å². The Balaban J connectivity index is 1.74. The Morgan fingerprint density at radius 3 is 2.60 bits per heavy atom. The van der Waals surface area contributed by atoms with Crippen LogP contribution in [0.25, 0.3) is 0 Å². The minimum Gasteiger partial charge on any atom is -0.493 e. The van der Waals surface area contributed by atoms with Gasteiger partial charge < -0.3 is 9.47 Å². The van der Waals surface area contributed by atoms with Crippen LogP contribution in [0.1, 0.15) is 18.4 Å². The van der Waals surface area contributed by atoms with Gasteiger partial charge in [-0.15, -0.1) is 0 Å². The predicted octanol–water partition coefficient (Wildman–Crippen LogP) is 2.66. The summed E-state index contributed by atoms with van der Waals surface area (Å²) < 4.78 is 37.6. The highest BCUT2D eigenvalue weighted by Gasteiger charge is 2.39. The van der Waals surface area contributed by atoms with Gasteiger partial charge in [-0.05, 0) is 49.2 Å². The van der Waals surface area contributed by atoms with E-state index in [1.165, 1.54) is 49.0 Å². The number of hydrogen-bond acceptors (Lipinski definition) is 6. The molecule has 2 aromatic rings. The van der Waals surface area contributed by atoms with Gasteiger partial charge in [-0.3, -0.25) is 4.79 Å². The molecule has 3 rings (SSSR count). The van der Waals surface area contributed by atoms with Crippen LogP contribution in [0.3, 0.4) is 0 Å². The molecule has 1 heterocycles. The lowest BCUT2D eigenvalue weighted by atomic mass is 10.2. The zero-order valence-corrected chi connectivity index (χ0v) is 18.1. The van der Waals surface area contributed by atoms with Crippen LogP contribution in [-0.2, 0) is 14.8 Å². The fourth-order valence-corrected chi connectivity index (χ4v) is 5.07. The van der Waals surface area contributed by atoms with Crippen molar-refractivity contribution in [3.63, 3.8) is 0 Å². The highest BCUT2D eigenvalue weighted by molar-refractivity contribution is 7.89. The molecular weight excluding hydrogens is 430 g/mol. The summed E-state index contributed by atoms with van der Waals surface area (Å²) in [7, 11) is -0.791. The Bertz CT molecular complexity index is 1040. The highest BCUT2D eigenvalue weighted by Crippen LogP contribution is 2.29. The van der Waals surface area contributed by atoms with Gasteiger partial charge in [0, 0.05) is 17.1 Å². The Morgan fingerprint density at radius 2 is 1.93 bits per heavy atom. The molecule has 0 radical (unpaired) electrons. The summed E-state index contributed by atoms with van der Waals surface area (Å²) in [6.07, 6.45) is 2.42. The molecule has 30 heavy (non-hydrogen) atoms. The molecule has 1 amide bonds. The van der Waals surface area contributed by atoms with E-state index in [9.17, 15) is 13.2 Å². The standard InChI is InChI=1S/C20H22ClN3O5S/c1-28-18-7-3-5-14(19(18)29-2)13-22-23-20(25)17-6-4-12-24(17)30(26,27)16-10-8-15(21)9-11-16/h3,5,7-11,13,17H,4,6,12H2,1-2H3,(H,23,25)/b22-13+. The van der Waals surface area contributed by atoms with Crippen LogP contribution in [0, 0.1) is 0 Å². The zero-order valence-electron chi connectivity index (χ0n) is 16.5. The number of ether oxygens (including phenoxy) is 2. The maximum absolute atomic E-state index is 12.9. The van der Waals surface area contributed by atoms with E-state index in [1.807, 2.05) is 0 Å². The van der Waals surface area contributed by atoms with Crippen LogP contribution in [0.15, 0.2) is 52.5 Å². The van der Waals surface area contributed by atoms with Crippen LogP contribution in [0.2, 0.25) is 5.02 Å². The third kappa shape index (κ3) is 4.58. The third-order valence-electron chi connectivity index (χ3n) is 4.74. The molecule has 1 atom stereocenters. The number of methoxy groups -OCH3 is 2. The number of rotatable bonds is 7. The van der Waals surface area contributed by atoms with Crippen LogP contribution < -0.4 is 14.9 Å². The Hall–Kier alpha value is -2.62. The Labute approximate surface area is 180 Å². The second-order valence-electron chi connectivity index (χ2n) is 6.54. The molecule has 0 aliphatic carbocycles. The zero-order chi connectivity index (χ0) is 21.7. The molecule has 160 valence electrons. The number of carbonyl (C=O) groups is 1. The summed E-state index contributed by atoms with van der Waals surface area (Å²) in [5.41, 5.74) is 3.04. The second-order valence-corrected chi connectivity index (χ2v) is 8.87. The molecule has 1 unspecified atom stereocenters. The molecule has 0 bridgehead atoms. The summed E-state index contributed by atoms with van der Waals surface area (Å²) >= 11 is 5.84. The summed E-state index contributed by atoms with van der Waals surface area (Å²) in [5, 5.41) is 4.41. The molecular formula is C20H22ClN3O5S. The van der Waals surface area contributed by atoms with Crippen molar-refractivity contribution in [3.8, 4) is 11.5 Å². The van der Waals surface area contributed by atoms with E-state index in [0.717, 1.165) is 0 Å². The first-order valence-corrected chi connectivity index (χ1v) is 11.0. The van der Waals surface area contributed by atoms with Gasteiger partial charge in [-0.2, -0.15) is 9.41 Å². The van der Waals surface area contributed by atoms with E-state index in [-0.39, 0.29) is 11.4 Å². The first-order chi connectivity index (χ1) is 14.4. The van der Waals surface area contributed by atoms with Gasteiger partial charge in [0.1, 0.15) is 6.04 Å². The molecule has 0 aromatic heterocycles. The van der Waals surface area contributed by atoms with E-state index >= 15 is 0 Å². The van der Waals surface area contributed by atoms with Crippen molar-refractivity contribution in [1.82, 2.24) is 9.73 Å². The van der Waals surface area contributed by atoms with Crippen molar-refractivity contribution in [2.24, 2.45) is 5.10 Å². The molecule has 2 aromatic carbocycles. The maximum atomic E-state index is 12.9. The monoisotopic (exact) mass is 451 g/mol. The molecule has 1 N–H and O–H groups in total. The van der Waals surface area contributed by atoms with Crippen molar-refractivity contribution >= 4 is 33.7 Å². The molecule has 10 heteroatoms. The van der Waals surface area contributed by atoms with Gasteiger partial charge in [0.2, 0.25) is 10.0 Å². The molecule has 1 fully saturated rings. The normalized spacial score (nSPS) is 17.2. The smallest absolute Gasteiger partial charge is 0.258 e. The summed E-state index contributed by atoms with van der Waals surface area (Å²) in [4.78, 5) is 12.7. The number of nitrogens with zero attached hydrogens (tertiary/aromatic N) is 2. The van der Waals surface area contributed by atoms with Gasteiger partial charge in [0.05, 0.1) is 25.3 Å². The molecule has 0 saturated carbocycles. The number of para-hydroxylation sites is 1. The first kappa shape index (κ1) is 22.1. The summed E-state index contributed by atoms with van der Waals surface area (Å²) in [6.45, 7) is 0.260. The summed E-state index contributed by atoms with van der Waals surface area (Å²) in [5.74, 6) is 0.512. The topological polar surface area (TPSA) is 97.3 Å². The Kier molecular flexibility index (Phi) is 6.96. The average Bonchev–Trinajstić information content (AvgIpc) is 3.24. The van der Waals surface area contributed by atoms with E-state index in [0.29, 0.717) is 34.9 Å². The number of amides is 1. The maximum Gasteiger partial charge on any atom is 0.258 e. The van der Waals surface area contributed by atoms with Crippen molar-refractivity contribution in [1.29, 1.82) is 0 Å². The van der Waals surface area contributed by atoms with Crippen molar-refractivity contribution < 1.29 is 22.7 Å². The number of hydrazone groups is 1. The number of benzene rings is 2. The van der Waals surface area contributed by atoms with E-state index in [2.05, 4.69) is 10.5 Å². The van der Waals surface area contributed by atoms with E-state index in [4.69, 9.17) is 21.1 Å². The Morgan fingerprint density at radius 1 is 1.20 bits per heavy atom. The van der Waals surface area contributed by atoms with Crippen molar-refractivity contribution in [3.05, 3.63) is 53.1 Å². The molecule has 0 spiro atoms.